The zero-order valence-electron chi connectivity index (χ0n) is 18.6. The van der Waals surface area contributed by atoms with Crippen molar-refractivity contribution in [2.75, 3.05) is 13.2 Å². The number of aliphatic hydroxyl groups excluding tert-OH is 1. The Bertz CT molecular complexity index is 590. The number of hydrogen-bond acceptors (Lipinski definition) is 4. The van der Waals surface area contributed by atoms with Gasteiger partial charge in [-0.15, -0.1) is 6.04 Å². The first-order valence-electron chi connectivity index (χ1n) is 11.7. The van der Waals surface area contributed by atoms with Crippen molar-refractivity contribution in [3.8, 4) is 5.75 Å². The minimum absolute atomic E-state index is 0.156. The molecule has 0 aromatic heterocycles. The van der Waals surface area contributed by atoms with Gasteiger partial charge in [0, 0.05) is 6.61 Å². The van der Waals surface area contributed by atoms with Gasteiger partial charge in [-0.25, -0.2) is 0 Å². The highest BCUT2D eigenvalue weighted by atomic mass is 35.5. The summed E-state index contributed by atoms with van der Waals surface area (Å²) in [5, 5.41) is 9.43. The van der Waals surface area contributed by atoms with E-state index in [0.29, 0.717) is 12.0 Å². The van der Waals surface area contributed by atoms with Crippen molar-refractivity contribution in [3.63, 3.8) is 0 Å². The summed E-state index contributed by atoms with van der Waals surface area (Å²) in [4.78, 5) is 2.26. The lowest BCUT2D eigenvalue weighted by molar-refractivity contribution is -0.0798. The second-order valence-corrected chi connectivity index (χ2v) is 10.00. The molecule has 1 aromatic carbocycles. The third kappa shape index (κ3) is 6.83. The Hall–Kier alpha value is -0.850. The van der Waals surface area contributed by atoms with Gasteiger partial charge in [-0.1, -0.05) is 32.4 Å². The third-order valence-corrected chi connectivity index (χ3v) is 7.13. The molecule has 4 fully saturated rings. The van der Waals surface area contributed by atoms with E-state index in [4.69, 9.17) is 16.5 Å². The molecule has 4 aliphatic carbocycles. The van der Waals surface area contributed by atoms with Gasteiger partial charge in [-0.3, -0.25) is 0 Å². The van der Waals surface area contributed by atoms with E-state index in [1.54, 1.807) is 0 Å². The predicted octanol–water partition coefficient (Wildman–Crippen LogP) is 5.53. The third-order valence-electron chi connectivity index (χ3n) is 7.05. The maximum Gasteiger partial charge on any atom is 0.119 e. The van der Waals surface area contributed by atoms with Crippen LogP contribution >= 0.6 is 11.8 Å². The molecule has 5 nitrogen and oxygen atoms in total. The van der Waals surface area contributed by atoms with E-state index in [1.807, 2.05) is 19.1 Å². The molecule has 4 aliphatic rings. The number of aliphatic hydroxyl groups is 1. The van der Waals surface area contributed by atoms with Crippen LogP contribution in [0.3, 0.4) is 0 Å². The molecule has 0 heterocycles. The van der Waals surface area contributed by atoms with Crippen LogP contribution in [-0.4, -0.2) is 24.4 Å². The average molecular weight is 437 g/mol. The molecule has 0 unspecified atom stereocenters. The number of nitrogens with zero attached hydrogens (tertiary/aromatic N) is 1. The molecule has 4 saturated carbocycles. The lowest BCUT2D eigenvalue weighted by Gasteiger charge is -2.56. The molecule has 3 N–H and O–H groups in total. The SMILES string of the molecule is CCCCOc1ccc(C[C@@H](C)[N-]NNCl)cc1.OCC12CC3CC(CC(C3)C1)C2. The minimum atomic E-state index is 0.156. The van der Waals surface area contributed by atoms with Crippen molar-refractivity contribution in [1.82, 2.24) is 10.5 Å². The van der Waals surface area contributed by atoms with Crippen LogP contribution in [0.2, 0.25) is 0 Å². The van der Waals surface area contributed by atoms with Gasteiger partial charge in [-0.05, 0) is 104 Å². The maximum atomic E-state index is 9.43. The lowest BCUT2D eigenvalue weighted by atomic mass is 9.50. The molecule has 5 rings (SSSR count). The Labute approximate surface area is 187 Å². The molecule has 4 bridgehead atoms. The summed E-state index contributed by atoms with van der Waals surface area (Å²) in [6.45, 7) is 5.43. The van der Waals surface area contributed by atoms with Gasteiger partial charge in [0.25, 0.3) is 0 Å². The molecule has 0 amide bonds. The zero-order valence-corrected chi connectivity index (χ0v) is 19.3. The minimum Gasteiger partial charge on any atom is -0.579 e. The number of halogens is 1. The molecule has 0 spiro atoms. The number of benzene rings is 1. The summed E-state index contributed by atoms with van der Waals surface area (Å²) in [5.41, 5.74) is 8.25. The van der Waals surface area contributed by atoms with Crippen LogP contribution in [0.25, 0.3) is 5.43 Å². The quantitative estimate of drug-likeness (QED) is 0.256. The molecule has 6 heteroatoms. The smallest absolute Gasteiger partial charge is 0.119 e. The maximum absolute atomic E-state index is 9.43. The predicted molar refractivity (Wildman–Crippen MR) is 123 cm³/mol. The monoisotopic (exact) mass is 436 g/mol. The standard InChI is InChI=1S/C13H21ClN3O.C11H18O/c1-3-4-9-18-13-7-5-12(6-8-13)10-11(2)15-17-16-14;12-7-11-4-8-1-9(5-11)3-10(2-8)6-11/h5-8,11,16-17H,3-4,9-10H2,1-2H3;8-10,12H,1-7H2/q-1;/t11-;/m1./s1. The second-order valence-electron chi connectivity index (χ2n) is 9.81. The molecule has 30 heavy (non-hydrogen) atoms. The summed E-state index contributed by atoms with van der Waals surface area (Å²) < 4.78 is 5.61. The average Bonchev–Trinajstić information content (AvgIpc) is 2.73. The normalized spacial score (nSPS) is 29.9. The molecule has 170 valence electrons. The number of nitrogens with one attached hydrogen (secondary N) is 2. The van der Waals surface area contributed by atoms with Crippen LogP contribution in [0.5, 0.6) is 5.75 Å². The summed E-state index contributed by atoms with van der Waals surface area (Å²) >= 11 is 5.26. The van der Waals surface area contributed by atoms with E-state index in [1.165, 1.54) is 44.1 Å². The van der Waals surface area contributed by atoms with E-state index in [0.717, 1.165) is 49.4 Å². The molecular weight excluding hydrogens is 398 g/mol. The number of hydrogen-bond donors (Lipinski definition) is 3. The molecule has 0 saturated heterocycles. The number of ether oxygens (including phenoxy) is 1. The number of hydrazine groups is 1. The molecular formula is C24H39ClN3O2-. The number of rotatable bonds is 10. The topological polar surface area (TPSA) is 67.6 Å². The van der Waals surface area contributed by atoms with Crippen molar-refractivity contribution in [2.45, 2.75) is 77.7 Å². The van der Waals surface area contributed by atoms with Crippen molar-refractivity contribution in [1.29, 1.82) is 0 Å². The molecule has 1 atom stereocenters. The van der Waals surface area contributed by atoms with Crippen LogP contribution in [-0.2, 0) is 6.42 Å². The summed E-state index contributed by atoms with van der Waals surface area (Å²) in [5.74, 6) is 3.90. The van der Waals surface area contributed by atoms with Gasteiger partial charge in [0.15, 0.2) is 0 Å². The Morgan fingerprint density at radius 2 is 1.73 bits per heavy atom. The summed E-state index contributed by atoms with van der Waals surface area (Å²) in [7, 11) is 0. The molecule has 0 aliphatic heterocycles. The van der Waals surface area contributed by atoms with Gasteiger partial charge < -0.3 is 20.8 Å². The Morgan fingerprint density at radius 3 is 2.23 bits per heavy atom. The first-order chi connectivity index (χ1) is 14.6. The van der Waals surface area contributed by atoms with Gasteiger partial charge in [0.05, 0.1) is 6.61 Å². The van der Waals surface area contributed by atoms with Gasteiger partial charge >= 0.3 is 0 Å². The van der Waals surface area contributed by atoms with Gasteiger partial charge in [-0.2, -0.15) is 4.94 Å². The van der Waals surface area contributed by atoms with E-state index in [-0.39, 0.29) is 6.04 Å². The van der Waals surface area contributed by atoms with Crippen LogP contribution in [0.1, 0.15) is 70.8 Å². The van der Waals surface area contributed by atoms with E-state index >= 15 is 0 Å². The van der Waals surface area contributed by atoms with Crippen LogP contribution < -0.4 is 15.2 Å². The Morgan fingerprint density at radius 1 is 1.13 bits per heavy atom. The number of unbranched alkanes of at least 4 members (excludes halogenated alkanes) is 1. The second kappa shape index (κ2) is 11.7. The van der Waals surface area contributed by atoms with Crippen LogP contribution in [0, 0.1) is 23.2 Å². The van der Waals surface area contributed by atoms with Crippen molar-refractivity contribution in [2.24, 2.45) is 23.2 Å². The highest BCUT2D eigenvalue weighted by Gasteiger charge is 2.50. The Balaban J connectivity index is 0.000000182. The van der Waals surface area contributed by atoms with Crippen LogP contribution in [0.15, 0.2) is 24.3 Å². The van der Waals surface area contributed by atoms with Crippen molar-refractivity contribution in [3.05, 3.63) is 35.3 Å². The van der Waals surface area contributed by atoms with Crippen LogP contribution in [0.4, 0.5) is 0 Å². The fraction of sp³-hybridized carbons (Fsp3) is 0.750. The molecule has 0 radical (unpaired) electrons. The largest absolute Gasteiger partial charge is 0.579 e. The highest BCUT2D eigenvalue weighted by molar-refractivity contribution is 6.13. The summed E-state index contributed by atoms with van der Waals surface area (Å²) in [6, 6.07) is 8.31. The van der Waals surface area contributed by atoms with Crippen molar-refractivity contribution >= 4 is 11.8 Å². The summed E-state index contributed by atoms with van der Waals surface area (Å²) in [6.07, 6.45) is 11.6. The first-order valence-corrected chi connectivity index (χ1v) is 12.1. The molecule has 1 aromatic rings. The highest BCUT2D eigenvalue weighted by Crippen LogP contribution is 2.59. The van der Waals surface area contributed by atoms with Gasteiger partial charge in [0.1, 0.15) is 5.75 Å². The fourth-order valence-corrected chi connectivity index (χ4v) is 6.11. The first kappa shape index (κ1) is 23.8. The van der Waals surface area contributed by atoms with Gasteiger partial charge in [0.2, 0.25) is 0 Å². The lowest BCUT2D eigenvalue weighted by Crippen LogP contribution is -2.47. The van der Waals surface area contributed by atoms with E-state index in [9.17, 15) is 5.11 Å². The van der Waals surface area contributed by atoms with Crippen molar-refractivity contribution < 1.29 is 9.84 Å². The van der Waals surface area contributed by atoms with E-state index < -0.39 is 0 Å². The fourth-order valence-electron chi connectivity index (χ4n) is 6.06. The Kier molecular flexibility index (Phi) is 9.27. The van der Waals surface area contributed by atoms with E-state index in [2.05, 4.69) is 35.0 Å². The zero-order chi connectivity index (χ0) is 21.4.